The van der Waals surface area contributed by atoms with E-state index in [1.807, 2.05) is 6.92 Å². The van der Waals surface area contributed by atoms with Crippen LogP contribution in [-0.4, -0.2) is 78.5 Å². The number of hydrogen-bond acceptors (Lipinski definition) is 4. The molecule has 2 atom stereocenters. The number of urea groups is 1. The predicted molar refractivity (Wildman–Crippen MR) is 110 cm³/mol. The number of carbonyl (C=O) groups is 2. The van der Waals surface area contributed by atoms with Gasteiger partial charge in [-0.3, -0.25) is 20.0 Å². The van der Waals surface area contributed by atoms with Crippen molar-refractivity contribution in [3.8, 4) is 0 Å². The molecule has 3 aliphatic rings. The molecule has 0 aromatic carbocycles. The number of guanidine groups is 1. The van der Waals surface area contributed by atoms with Crippen LogP contribution in [0.15, 0.2) is 4.99 Å². The van der Waals surface area contributed by atoms with Gasteiger partial charge < -0.3 is 15.5 Å². The molecule has 2 unspecified atom stereocenters. The Morgan fingerprint density at radius 3 is 2.54 bits per heavy atom. The van der Waals surface area contributed by atoms with E-state index in [1.54, 1.807) is 0 Å². The molecule has 0 aliphatic carbocycles. The largest absolute Gasteiger partial charge is 0.357 e. The first-order valence-corrected chi connectivity index (χ1v) is 10.9. The second kappa shape index (κ2) is 9.11. The normalized spacial score (nSPS) is 30.3. The van der Waals surface area contributed by atoms with Crippen LogP contribution in [0.3, 0.4) is 0 Å². The first-order chi connectivity index (χ1) is 13.5. The summed E-state index contributed by atoms with van der Waals surface area (Å²) in [6, 6.07) is 0.166. The fraction of sp³-hybridized carbons (Fsp3) is 0.850. The molecule has 8 nitrogen and oxygen atoms in total. The van der Waals surface area contributed by atoms with Gasteiger partial charge in [0.15, 0.2) is 5.96 Å². The van der Waals surface area contributed by atoms with E-state index < -0.39 is 5.54 Å². The van der Waals surface area contributed by atoms with Crippen molar-refractivity contribution >= 4 is 17.9 Å². The number of piperidine rings is 2. The summed E-state index contributed by atoms with van der Waals surface area (Å²) in [6.45, 7) is 11.8. The highest BCUT2D eigenvalue weighted by Crippen LogP contribution is 2.30. The highest BCUT2D eigenvalue weighted by Gasteiger charge is 2.48. The second-order valence-corrected chi connectivity index (χ2v) is 8.34. The van der Waals surface area contributed by atoms with Crippen molar-refractivity contribution in [3.63, 3.8) is 0 Å². The minimum Gasteiger partial charge on any atom is -0.357 e. The lowest BCUT2D eigenvalue weighted by Gasteiger charge is -2.40. The predicted octanol–water partition coefficient (Wildman–Crippen LogP) is 1.14. The molecule has 0 spiro atoms. The summed E-state index contributed by atoms with van der Waals surface area (Å²) < 4.78 is 0. The molecule has 3 rings (SSSR count). The van der Waals surface area contributed by atoms with Gasteiger partial charge in [-0.1, -0.05) is 13.3 Å². The van der Waals surface area contributed by atoms with Crippen molar-refractivity contribution in [2.75, 3.05) is 39.3 Å². The molecule has 3 fully saturated rings. The number of aliphatic imine (C=N–C) groups is 1. The van der Waals surface area contributed by atoms with Crippen LogP contribution >= 0.6 is 0 Å². The van der Waals surface area contributed by atoms with Gasteiger partial charge in [0.05, 0.1) is 6.54 Å². The molecule has 3 amide bonds. The Kier molecular flexibility index (Phi) is 6.80. The average molecular weight is 393 g/mol. The zero-order chi connectivity index (χ0) is 20.1. The van der Waals surface area contributed by atoms with E-state index in [9.17, 15) is 9.59 Å². The zero-order valence-corrected chi connectivity index (χ0v) is 17.6. The van der Waals surface area contributed by atoms with Gasteiger partial charge in [-0.15, -0.1) is 0 Å². The van der Waals surface area contributed by atoms with Crippen LogP contribution in [-0.2, 0) is 4.79 Å². The van der Waals surface area contributed by atoms with Gasteiger partial charge in [-0.05, 0) is 58.5 Å². The fourth-order valence-electron chi connectivity index (χ4n) is 4.81. The summed E-state index contributed by atoms with van der Waals surface area (Å²) in [7, 11) is 0. The zero-order valence-electron chi connectivity index (χ0n) is 17.6. The van der Waals surface area contributed by atoms with Crippen molar-refractivity contribution in [3.05, 3.63) is 0 Å². The van der Waals surface area contributed by atoms with E-state index in [0.29, 0.717) is 6.04 Å². The van der Waals surface area contributed by atoms with E-state index in [-0.39, 0.29) is 17.9 Å². The maximum absolute atomic E-state index is 12.2. The average Bonchev–Trinajstić information content (AvgIpc) is 2.98. The van der Waals surface area contributed by atoms with Gasteiger partial charge in [0.25, 0.3) is 5.91 Å². The van der Waals surface area contributed by atoms with Crippen molar-refractivity contribution in [2.24, 2.45) is 10.9 Å². The maximum atomic E-state index is 12.2. The highest BCUT2D eigenvalue weighted by molar-refractivity contribution is 6.07. The third-order valence-corrected chi connectivity index (χ3v) is 6.62. The molecule has 0 aromatic rings. The van der Waals surface area contributed by atoms with Crippen LogP contribution in [0, 0.1) is 5.92 Å². The smallest absolute Gasteiger partial charge is 0.322 e. The van der Waals surface area contributed by atoms with Crippen LogP contribution < -0.4 is 16.0 Å². The van der Waals surface area contributed by atoms with Crippen LogP contribution in [0.25, 0.3) is 0 Å². The lowest BCUT2D eigenvalue weighted by Crippen LogP contribution is -2.55. The second-order valence-electron chi connectivity index (χ2n) is 8.34. The third-order valence-electron chi connectivity index (χ3n) is 6.62. The third kappa shape index (κ3) is 4.42. The number of imide groups is 1. The van der Waals surface area contributed by atoms with Crippen LogP contribution in [0.1, 0.15) is 52.9 Å². The summed E-state index contributed by atoms with van der Waals surface area (Å²) in [6.07, 6.45) is 5.54. The van der Waals surface area contributed by atoms with Crippen LogP contribution in [0.2, 0.25) is 0 Å². The molecule has 0 bridgehead atoms. The molecule has 0 radical (unpaired) electrons. The summed E-state index contributed by atoms with van der Waals surface area (Å²) in [5.74, 6) is 0.924. The Labute approximate surface area is 168 Å². The first-order valence-electron chi connectivity index (χ1n) is 10.9. The van der Waals surface area contributed by atoms with Crippen molar-refractivity contribution in [1.29, 1.82) is 0 Å². The summed E-state index contributed by atoms with van der Waals surface area (Å²) in [5, 5.41) is 8.65. The lowest BCUT2D eigenvalue weighted by atomic mass is 9.79. The number of hydrogen-bond donors (Lipinski definition) is 3. The fourth-order valence-corrected chi connectivity index (χ4v) is 4.81. The molecule has 0 saturated carbocycles. The molecule has 3 aliphatic heterocycles. The van der Waals surface area contributed by atoms with Gasteiger partial charge in [0.1, 0.15) is 5.54 Å². The van der Waals surface area contributed by atoms with Crippen LogP contribution in [0.5, 0.6) is 0 Å². The van der Waals surface area contributed by atoms with E-state index in [2.05, 4.69) is 39.6 Å². The van der Waals surface area contributed by atoms with Crippen molar-refractivity contribution < 1.29 is 9.59 Å². The number of nitrogens with one attached hydrogen (secondary N) is 3. The summed E-state index contributed by atoms with van der Waals surface area (Å²) >= 11 is 0. The topological polar surface area (TPSA) is 89.1 Å². The van der Waals surface area contributed by atoms with Crippen LogP contribution in [0.4, 0.5) is 4.79 Å². The maximum Gasteiger partial charge on any atom is 0.322 e. The van der Waals surface area contributed by atoms with Gasteiger partial charge >= 0.3 is 6.03 Å². The molecule has 28 heavy (non-hydrogen) atoms. The highest BCUT2D eigenvalue weighted by atomic mass is 16.2. The van der Waals surface area contributed by atoms with E-state index in [1.165, 1.54) is 25.8 Å². The minimum atomic E-state index is -0.789. The number of rotatable bonds is 5. The lowest BCUT2D eigenvalue weighted by molar-refractivity contribution is -0.125. The number of likely N-dealkylation sites (N-methyl/N-ethyl adjacent to an activating group) is 1. The Hall–Kier alpha value is -1.83. The summed E-state index contributed by atoms with van der Waals surface area (Å²) in [5.41, 5.74) is -0.789. The Bertz CT molecular complexity index is 602. The number of likely N-dealkylation sites (tertiary alicyclic amines) is 2. The number of nitrogens with zero attached hydrogens (tertiary/aromatic N) is 3. The Balaban J connectivity index is 1.59. The molecular formula is C20H36N6O2. The van der Waals surface area contributed by atoms with Crippen molar-refractivity contribution in [1.82, 2.24) is 25.8 Å². The molecule has 158 valence electrons. The SMILES string of the molecule is CCNC(=NCC1CCCCN1CC)N1CCC(C2(C)NC(=O)NC2=O)CC1. The molecule has 0 aromatic heterocycles. The minimum absolute atomic E-state index is 0.145. The van der Waals surface area contributed by atoms with Gasteiger partial charge in [0, 0.05) is 25.7 Å². The van der Waals surface area contributed by atoms with E-state index in [4.69, 9.17) is 4.99 Å². The monoisotopic (exact) mass is 392 g/mol. The van der Waals surface area contributed by atoms with Gasteiger partial charge in [-0.25, -0.2) is 4.79 Å². The Morgan fingerprint density at radius 1 is 1.18 bits per heavy atom. The molecule has 3 N–H and O–H groups in total. The molecular weight excluding hydrogens is 356 g/mol. The number of amides is 3. The first kappa shape index (κ1) is 20.9. The number of carbonyl (C=O) groups excluding carboxylic acids is 2. The quantitative estimate of drug-likeness (QED) is 0.371. The summed E-state index contributed by atoms with van der Waals surface area (Å²) in [4.78, 5) is 33.6. The van der Waals surface area contributed by atoms with E-state index >= 15 is 0 Å². The van der Waals surface area contributed by atoms with E-state index in [0.717, 1.165) is 51.5 Å². The van der Waals surface area contributed by atoms with Gasteiger partial charge in [0.2, 0.25) is 0 Å². The molecule has 3 saturated heterocycles. The van der Waals surface area contributed by atoms with Gasteiger partial charge in [-0.2, -0.15) is 0 Å². The molecule has 3 heterocycles. The Morgan fingerprint density at radius 2 is 1.93 bits per heavy atom. The molecule has 8 heteroatoms. The standard InChI is InChI=1S/C20H36N6O2/c1-4-21-18(22-14-16-8-6-7-11-25(16)5-2)26-12-9-15(10-13-26)20(3)17(27)23-19(28)24-20/h15-16H,4-14H2,1-3H3,(H,21,22)(H2,23,24,27,28). The van der Waals surface area contributed by atoms with Crippen molar-refractivity contribution in [2.45, 2.75) is 64.5 Å².